The largest absolute Gasteiger partial charge is 0.493 e. The summed E-state index contributed by atoms with van der Waals surface area (Å²) in [4.78, 5) is 25.2. The van der Waals surface area contributed by atoms with Crippen LogP contribution in [0.15, 0.2) is 77.2 Å². The van der Waals surface area contributed by atoms with Gasteiger partial charge in [0.05, 0.1) is 27.8 Å². The zero-order chi connectivity index (χ0) is 27.8. The summed E-state index contributed by atoms with van der Waals surface area (Å²) in [7, 11) is 4.43. The highest BCUT2D eigenvalue weighted by molar-refractivity contribution is 5.96. The van der Waals surface area contributed by atoms with Crippen molar-refractivity contribution in [3.63, 3.8) is 0 Å². The normalized spacial score (nSPS) is 10.3. The van der Waals surface area contributed by atoms with Crippen LogP contribution >= 0.6 is 0 Å². The van der Waals surface area contributed by atoms with Crippen LogP contribution in [0.2, 0.25) is 0 Å². The van der Waals surface area contributed by atoms with E-state index in [0.29, 0.717) is 34.1 Å². The molecule has 0 saturated carbocycles. The van der Waals surface area contributed by atoms with Crippen LogP contribution in [-0.4, -0.2) is 39.8 Å². The lowest BCUT2D eigenvalue weighted by molar-refractivity contribution is -0.146. The van der Waals surface area contributed by atoms with Crippen LogP contribution in [0.3, 0.4) is 0 Å². The van der Waals surface area contributed by atoms with Gasteiger partial charge >= 0.3 is 5.97 Å². The number of carbonyl (C=O) groups is 2. The number of nitriles is 1. The number of ether oxygens (including phenoxy) is 4. The van der Waals surface area contributed by atoms with Crippen molar-refractivity contribution < 1.29 is 33.0 Å². The Labute approximate surface area is 225 Å². The molecule has 1 amide bonds. The zero-order valence-electron chi connectivity index (χ0n) is 21.6. The molecule has 0 radical (unpaired) electrons. The molecule has 9 heteroatoms. The number of rotatable bonds is 10. The molecule has 0 unspecified atom stereocenters. The van der Waals surface area contributed by atoms with E-state index in [4.69, 9.17) is 23.4 Å². The van der Waals surface area contributed by atoms with Crippen molar-refractivity contribution in [1.29, 1.82) is 5.26 Å². The summed E-state index contributed by atoms with van der Waals surface area (Å²) in [6.07, 6.45) is -0.134. The van der Waals surface area contributed by atoms with Crippen molar-refractivity contribution in [2.45, 2.75) is 6.42 Å². The third kappa shape index (κ3) is 6.02. The van der Waals surface area contributed by atoms with E-state index in [-0.39, 0.29) is 17.9 Å². The highest BCUT2D eigenvalue weighted by Gasteiger charge is 2.24. The maximum atomic E-state index is 12.7. The van der Waals surface area contributed by atoms with E-state index in [1.54, 1.807) is 12.1 Å². The van der Waals surface area contributed by atoms with E-state index < -0.39 is 18.5 Å². The maximum absolute atomic E-state index is 12.7. The molecule has 9 nitrogen and oxygen atoms in total. The number of nitrogens with one attached hydrogen (secondary N) is 1. The Bertz CT molecular complexity index is 1480. The van der Waals surface area contributed by atoms with Gasteiger partial charge in [-0.3, -0.25) is 14.9 Å². The molecular weight excluding hydrogens is 500 g/mol. The van der Waals surface area contributed by atoms with Gasteiger partial charge in [0.25, 0.3) is 5.91 Å². The predicted octanol–water partition coefficient (Wildman–Crippen LogP) is 5.24. The second-order valence-corrected chi connectivity index (χ2v) is 8.27. The Morgan fingerprint density at radius 2 is 1.46 bits per heavy atom. The van der Waals surface area contributed by atoms with Gasteiger partial charge in [-0.15, -0.1) is 0 Å². The number of benzene rings is 3. The standard InChI is InChI=1S/C30H26N2O7/c1-35-23-14-19(15-24(36-2)29(23)37-3)16-26(34)38-18-25(33)32-30-22(17-31)27(20-10-6-4-7-11-20)28(39-30)21-12-8-5-9-13-21/h4-15H,16,18H2,1-3H3,(H,32,33). The van der Waals surface area contributed by atoms with Gasteiger partial charge in [-0.2, -0.15) is 5.26 Å². The summed E-state index contributed by atoms with van der Waals surface area (Å²) < 4.78 is 27.1. The van der Waals surface area contributed by atoms with Crippen LogP contribution in [0.4, 0.5) is 5.88 Å². The van der Waals surface area contributed by atoms with Crippen molar-refractivity contribution in [1.82, 2.24) is 0 Å². The second kappa shape index (κ2) is 12.3. The SMILES string of the molecule is COc1cc(CC(=O)OCC(=O)Nc2oc(-c3ccccc3)c(-c3ccccc3)c2C#N)cc(OC)c1OC. The first-order valence-corrected chi connectivity index (χ1v) is 11.9. The smallest absolute Gasteiger partial charge is 0.310 e. The molecule has 0 aliphatic heterocycles. The molecule has 0 aliphatic rings. The van der Waals surface area contributed by atoms with Gasteiger partial charge in [0.2, 0.25) is 11.6 Å². The molecule has 3 aromatic carbocycles. The van der Waals surface area contributed by atoms with Gasteiger partial charge in [0.1, 0.15) is 17.4 Å². The van der Waals surface area contributed by atoms with Crippen LogP contribution in [0.25, 0.3) is 22.5 Å². The van der Waals surface area contributed by atoms with Gasteiger partial charge in [-0.1, -0.05) is 60.7 Å². The van der Waals surface area contributed by atoms with Crippen molar-refractivity contribution >= 4 is 17.8 Å². The first-order valence-electron chi connectivity index (χ1n) is 11.9. The molecule has 0 atom stereocenters. The van der Waals surface area contributed by atoms with Crippen LogP contribution in [0, 0.1) is 11.3 Å². The lowest BCUT2D eigenvalue weighted by atomic mass is 9.98. The topological polar surface area (TPSA) is 120 Å². The molecule has 1 N–H and O–H groups in total. The van der Waals surface area contributed by atoms with E-state index in [1.165, 1.54) is 21.3 Å². The van der Waals surface area contributed by atoms with Gasteiger partial charge < -0.3 is 23.4 Å². The molecule has 1 aromatic heterocycles. The molecule has 4 aromatic rings. The lowest BCUT2D eigenvalue weighted by Gasteiger charge is -2.14. The van der Waals surface area contributed by atoms with Gasteiger partial charge in [-0.05, 0) is 23.3 Å². The third-order valence-corrected chi connectivity index (χ3v) is 5.81. The first-order chi connectivity index (χ1) is 19.0. The molecule has 198 valence electrons. The van der Waals surface area contributed by atoms with E-state index in [1.807, 2.05) is 60.7 Å². The van der Waals surface area contributed by atoms with Crippen molar-refractivity contribution in [2.75, 3.05) is 33.3 Å². The molecule has 4 rings (SSSR count). The fraction of sp³-hybridized carbons (Fsp3) is 0.167. The Kier molecular flexibility index (Phi) is 8.49. The Balaban J connectivity index is 1.50. The highest BCUT2D eigenvalue weighted by atomic mass is 16.5. The fourth-order valence-electron chi connectivity index (χ4n) is 4.06. The number of nitrogens with zero attached hydrogens (tertiary/aromatic N) is 1. The van der Waals surface area contributed by atoms with E-state index in [9.17, 15) is 14.9 Å². The monoisotopic (exact) mass is 526 g/mol. The van der Waals surface area contributed by atoms with Crippen LogP contribution < -0.4 is 19.5 Å². The Morgan fingerprint density at radius 3 is 2.00 bits per heavy atom. The molecule has 1 heterocycles. The lowest BCUT2D eigenvalue weighted by Crippen LogP contribution is -2.21. The van der Waals surface area contributed by atoms with Crippen molar-refractivity contribution in [3.05, 3.63) is 83.9 Å². The molecule has 0 spiro atoms. The minimum absolute atomic E-state index is 0.0270. The number of hydrogen-bond donors (Lipinski definition) is 1. The molecule has 39 heavy (non-hydrogen) atoms. The number of esters is 1. The number of anilines is 1. The second-order valence-electron chi connectivity index (χ2n) is 8.27. The third-order valence-electron chi connectivity index (χ3n) is 5.81. The maximum Gasteiger partial charge on any atom is 0.310 e. The van der Waals surface area contributed by atoms with Crippen molar-refractivity contribution in [3.8, 4) is 45.8 Å². The van der Waals surface area contributed by atoms with Gasteiger partial charge in [0.15, 0.2) is 18.1 Å². The average molecular weight is 527 g/mol. The highest BCUT2D eigenvalue weighted by Crippen LogP contribution is 2.41. The first kappa shape index (κ1) is 26.8. The summed E-state index contributed by atoms with van der Waals surface area (Å²) in [5, 5.41) is 12.5. The van der Waals surface area contributed by atoms with Crippen LogP contribution in [-0.2, 0) is 20.7 Å². The zero-order valence-corrected chi connectivity index (χ0v) is 21.6. The quantitative estimate of drug-likeness (QED) is 0.279. The van der Waals surface area contributed by atoms with Crippen LogP contribution in [0.1, 0.15) is 11.1 Å². The summed E-state index contributed by atoms with van der Waals surface area (Å²) in [6.45, 7) is -0.573. The van der Waals surface area contributed by atoms with Gasteiger partial charge in [-0.25, -0.2) is 0 Å². The molecular formula is C30H26N2O7. The molecule has 0 bridgehead atoms. The Hall–Kier alpha value is -5.23. The number of furan rings is 1. The van der Waals surface area contributed by atoms with E-state index in [0.717, 1.165) is 11.1 Å². The van der Waals surface area contributed by atoms with E-state index in [2.05, 4.69) is 11.4 Å². The van der Waals surface area contributed by atoms with Crippen molar-refractivity contribution in [2.24, 2.45) is 0 Å². The summed E-state index contributed by atoms with van der Waals surface area (Å²) in [5.41, 5.74) is 2.77. The number of hydrogen-bond acceptors (Lipinski definition) is 8. The van der Waals surface area contributed by atoms with Gasteiger partial charge in [0, 0.05) is 11.1 Å². The number of methoxy groups -OCH3 is 3. The van der Waals surface area contributed by atoms with Crippen LogP contribution in [0.5, 0.6) is 17.2 Å². The minimum atomic E-state index is -0.655. The predicted molar refractivity (Wildman–Crippen MR) is 144 cm³/mol. The Morgan fingerprint density at radius 1 is 0.872 bits per heavy atom. The average Bonchev–Trinajstić information content (AvgIpc) is 3.34. The molecule has 0 saturated heterocycles. The minimum Gasteiger partial charge on any atom is -0.493 e. The molecule has 0 aliphatic carbocycles. The summed E-state index contributed by atoms with van der Waals surface area (Å²) >= 11 is 0. The van der Waals surface area contributed by atoms with E-state index >= 15 is 0 Å². The molecule has 0 fully saturated rings. The summed E-state index contributed by atoms with van der Waals surface area (Å²) in [6, 6.07) is 23.9. The fourth-order valence-corrected chi connectivity index (χ4v) is 4.06. The number of carbonyl (C=O) groups excluding carboxylic acids is 2. The number of amides is 1. The summed E-state index contributed by atoms with van der Waals surface area (Å²) in [5.74, 6) is 0.291.